The summed E-state index contributed by atoms with van der Waals surface area (Å²) in [6, 6.07) is 7.97. The summed E-state index contributed by atoms with van der Waals surface area (Å²) in [5.74, 6) is 1.92. The molecule has 1 unspecified atom stereocenters. The Hall–Kier alpha value is -2.10. The van der Waals surface area contributed by atoms with Gasteiger partial charge in [-0.1, -0.05) is 32.0 Å². The lowest BCUT2D eigenvalue weighted by Gasteiger charge is -2.25. The van der Waals surface area contributed by atoms with Gasteiger partial charge in [0.2, 0.25) is 0 Å². The lowest BCUT2D eigenvalue weighted by Crippen LogP contribution is -2.24. The number of para-hydroxylation sites is 1. The van der Waals surface area contributed by atoms with Crippen LogP contribution in [0.25, 0.3) is 0 Å². The third-order valence-corrected chi connectivity index (χ3v) is 4.03. The van der Waals surface area contributed by atoms with Crippen LogP contribution in [0, 0.1) is 6.92 Å². The molecule has 1 aromatic heterocycles. The van der Waals surface area contributed by atoms with E-state index in [9.17, 15) is 4.79 Å². The number of nitrogens with one attached hydrogen (secondary N) is 1. The minimum atomic E-state index is -0.0172. The summed E-state index contributed by atoms with van der Waals surface area (Å²) in [4.78, 5) is 20.0. The van der Waals surface area contributed by atoms with Crippen LogP contribution in [-0.2, 0) is 0 Å². The molecule has 110 valence electrons. The molecule has 0 spiro atoms. The largest absolute Gasteiger partial charge is 0.493 e. The van der Waals surface area contributed by atoms with Crippen LogP contribution in [0.5, 0.6) is 5.75 Å². The third-order valence-electron chi connectivity index (χ3n) is 4.03. The minimum Gasteiger partial charge on any atom is -0.493 e. The molecular formula is C17H20N2O2. The quantitative estimate of drug-likeness (QED) is 0.922. The maximum Gasteiger partial charge on any atom is 0.254 e. The van der Waals surface area contributed by atoms with E-state index in [-0.39, 0.29) is 17.4 Å². The molecule has 4 nitrogen and oxygen atoms in total. The Kier molecular flexibility index (Phi) is 3.53. The Morgan fingerprint density at radius 1 is 1.33 bits per heavy atom. The van der Waals surface area contributed by atoms with Crippen molar-refractivity contribution in [2.75, 3.05) is 6.61 Å². The van der Waals surface area contributed by atoms with Gasteiger partial charge in [0, 0.05) is 22.7 Å². The van der Waals surface area contributed by atoms with Gasteiger partial charge in [-0.25, -0.2) is 4.98 Å². The molecule has 0 bridgehead atoms. The predicted molar refractivity (Wildman–Crippen MR) is 82.1 cm³/mol. The Morgan fingerprint density at radius 2 is 2.10 bits per heavy atom. The molecule has 4 heteroatoms. The van der Waals surface area contributed by atoms with Crippen molar-refractivity contribution < 1.29 is 4.74 Å². The van der Waals surface area contributed by atoms with Gasteiger partial charge in [0.05, 0.1) is 6.61 Å². The lowest BCUT2D eigenvalue weighted by molar-refractivity contribution is 0.274. The van der Waals surface area contributed by atoms with Crippen LogP contribution >= 0.6 is 0 Å². The van der Waals surface area contributed by atoms with Crippen molar-refractivity contribution in [1.29, 1.82) is 0 Å². The second-order valence-electron chi connectivity index (χ2n) is 5.83. The van der Waals surface area contributed by atoms with Crippen molar-refractivity contribution in [3.8, 4) is 5.75 Å². The van der Waals surface area contributed by atoms with E-state index in [1.165, 1.54) is 0 Å². The van der Waals surface area contributed by atoms with Crippen LogP contribution in [0.4, 0.5) is 0 Å². The van der Waals surface area contributed by atoms with Crippen molar-refractivity contribution in [2.24, 2.45) is 0 Å². The molecule has 2 aromatic rings. The highest BCUT2D eigenvalue weighted by atomic mass is 16.5. The topological polar surface area (TPSA) is 55.0 Å². The molecular weight excluding hydrogens is 264 g/mol. The average molecular weight is 284 g/mol. The van der Waals surface area contributed by atoms with Gasteiger partial charge < -0.3 is 9.72 Å². The van der Waals surface area contributed by atoms with Gasteiger partial charge in [0.25, 0.3) is 5.56 Å². The van der Waals surface area contributed by atoms with Crippen LogP contribution in [0.1, 0.15) is 54.7 Å². The summed E-state index contributed by atoms with van der Waals surface area (Å²) in [5.41, 5.74) is 2.69. The Labute approximate surface area is 124 Å². The smallest absolute Gasteiger partial charge is 0.254 e. The van der Waals surface area contributed by atoms with Gasteiger partial charge in [-0.15, -0.1) is 0 Å². The maximum atomic E-state index is 12.3. The first kappa shape index (κ1) is 13.9. The number of fused-ring (bicyclic) bond motifs is 1. The van der Waals surface area contributed by atoms with E-state index in [4.69, 9.17) is 4.74 Å². The average Bonchev–Trinajstić information content (AvgIpc) is 2.45. The fourth-order valence-corrected chi connectivity index (χ4v) is 3.09. The highest BCUT2D eigenvalue weighted by molar-refractivity contribution is 5.41. The zero-order chi connectivity index (χ0) is 15.0. The van der Waals surface area contributed by atoms with Crippen LogP contribution in [-0.4, -0.2) is 16.6 Å². The molecule has 0 saturated carbocycles. The lowest BCUT2D eigenvalue weighted by atomic mass is 9.92. The number of benzene rings is 1. The number of hydrogen-bond donors (Lipinski definition) is 1. The number of ether oxygens (including phenoxy) is 1. The zero-order valence-electron chi connectivity index (χ0n) is 12.6. The minimum absolute atomic E-state index is 0.0172. The molecule has 1 aromatic carbocycles. The van der Waals surface area contributed by atoms with Crippen molar-refractivity contribution >= 4 is 0 Å². The first-order valence-corrected chi connectivity index (χ1v) is 7.40. The molecule has 21 heavy (non-hydrogen) atoms. The number of hydrogen-bond acceptors (Lipinski definition) is 3. The number of H-pyrrole nitrogens is 1. The number of aromatic nitrogens is 2. The second-order valence-corrected chi connectivity index (χ2v) is 5.83. The summed E-state index contributed by atoms with van der Waals surface area (Å²) >= 11 is 0. The van der Waals surface area contributed by atoms with Crippen molar-refractivity contribution in [2.45, 2.75) is 39.0 Å². The van der Waals surface area contributed by atoms with Gasteiger partial charge >= 0.3 is 0 Å². The molecule has 0 aliphatic carbocycles. The van der Waals surface area contributed by atoms with E-state index in [1.54, 1.807) is 0 Å². The third kappa shape index (κ3) is 2.46. The molecule has 0 fully saturated rings. The number of rotatable bonds is 2. The fourth-order valence-electron chi connectivity index (χ4n) is 3.09. The highest BCUT2D eigenvalue weighted by Gasteiger charge is 2.25. The Bertz CT molecular complexity index is 719. The van der Waals surface area contributed by atoms with E-state index in [1.807, 2.05) is 45.0 Å². The monoisotopic (exact) mass is 284 g/mol. The number of aryl methyl sites for hydroxylation is 1. The van der Waals surface area contributed by atoms with E-state index in [0.717, 1.165) is 34.8 Å². The zero-order valence-corrected chi connectivity index (χ0v) is 12.6. The molecule has 1 aliphatic rings. The summed E-state index contributed by atoms with van der Waals surface area (Å²) in [5, 5.41) is 0. The van der Waals surface area contributed by atoms with Crippen molar-refractivity contribution in [1.82, 2.24) is 9.97 Å². The van der Waals surface area contributed by atoms with Gasteiger partial charge in [0.15, 0.2) is 0 Å². The van der Waals surface area contributed by atoms with Crippen molar-refractivity contribution in [3.05, 3.63) is 57.3 Å². The summed E-state index contributed by atoms with van der Waals surface area (Å²) < 4.78 is 5.68. The van der Waals surface area contributed by atoms with Crippen LogP contribution < -0.4 is 10.3 Å². The van der Waals surface area contributed by atoms with Gasteiger partial charge in [-0.3, -0.25) is 4.79 Å². The molecule has 3 rings (SSSR count). The Balaban J connectivity index is 2.09. The first-order chi connectivity index (χ1) is 10.1. The van der Waals surface area contributed by atoms with E-state index >= 15 is 0 Å². The SMILES string of the molecule is Cc1nc(C2CCOc3ccccc32)[nH]c(=O)c1C(C)C. The van der Waals surface area contributed by atoms with Gasteiger partial charge in [-0.2, -0.15) is 0 Å². The van der Waals surface area contributed by atoms with Crippen molar-refractivity contribution in [3.63, 3.8) is 0 Å². The molecule has 1 N–H and O–H groups in total. The number of nitrogens with zero attached hydrogens (tertiary/aromatic N) is 1. The fraction of sp³-hybridized carbons (Fsp3) is 0.412. The predicted octanol–water partition coefficient (Wildman–Crippen LogP) is 3.12. The molecule has 0 amide bonds. The normalized spacial score (nSPS) is 17.4. The molecule has 1 aliphatic heterocycles. The van der Waals surface area contributed by atoms with Gasteiger partial charge in [-0.05, 0) is 25.3 Å². The van der Waals surface area contributed by atoms with E-state index in [2.05, 4.69) is 9.97 Å². The summed E-state index contributed by atoms with van der Waals surface area (Å²) in [7, 11) is 0. The highest BCUT2D eigenvalue weighted by Crippen LogP contribution is 2.36. The molecule has 2 heterocycles. The van der Waals surface area contributed by atoms with E-state index in [0.29, 0.717) is 6.61 Å². The van der Waals surface area contributed by atoms with Crippen LogP contribution in [0.3, 0.4) is 0 Å². The first-order valence-electron chi connectivity index (χ1n) is 7.40. The van der Waals surface area contributed by atoms with E-state index < -0.39 is 0 Å². The van der Waals surface area contributed by atoms with Crippen LogP contribution in [0.15, 0.2) is 29.1 Å². The standard InChI is InChI=1S/C17H20N2O2/c1-10(2)15-11(3)18-16(19-17(15)20)13-8-9-21-14-7-5-4-6-12(13)14/h4-7,10,13H,8-9H2,1-3H3,(H,18,19,20). The van der Waals surface area contributed by atoms with Crippen LogP contribution in [0.2, 0.25) is 0 Å². The number of aromatic amines is 1. The molecule has 0 radical (unpaired) electrons. The maximum absolute atomic E-state index is 12.3. The molecule has 0 saturated heterocycles. The summed E-state index contributed by atoms with van der Waals surface area (Å²) in [6.07, 6.45) is 0.834. The molecule has 1 atom stereocenters. The Morgan fingerprint density at radius 3 is 2.81 bits per heavy atom. The van der Waals surface area contributed by atoms with Gasteiger partial charge in [0.1, 0.15) is 11.6 Å². The summed E-state index contributed by atoms with van der Waals surface area (Å²) in [6.45, 7) is 6.60. The second kappa shape index (κ2) is 5.35.